The fraction of sp³-hybridized carbons (Fsp3) is 0.588. The maximum absolute atomic E-state index is 12.4. The van der Waals surface area contributed by atoms with Gasteiger partial charge < -0.3 is 10.2 Å². The molecule has 5 nitrogen and oxygen atoms in total. The van der Waals surface area contributed by atoms with E-state index < -0.39 is 0 Å². The average Bonchev–Trinajstić information content (AvgIpc) is 2.54. The van der Waals surface area contributed by atoms with Gasteiger partial charge >= 0.3 is 0 Å². The van der Waals surface area contributed by atoms with Gasteiger partial charge in [-0.15, -0.1) is 0 Å². The van der Waals surface area contributed by atoms with Crippen LogP contribution in [0.5, 0.6) is 0 Å². The molecule has 0 spiro atoms. The van der Waals surface area contributed by atoms with Crippen LogP contribution in [-0.4, -0.2) is 41.3 Å². The average molecular weight is 303 g/mol. The molecule has 1 aliphatic rings. The molecule has 22 heavy (non-hydrogen) atoms. The van der Waals surface area contributed by atoms with Crippen molar-refractivity contribution in [3.8, 4) is 0 Å². The Kier molecular flexibility index (Phi) is 5.92. The van der Waals surface area contributed by atoms with Gasteiger partial charge in [0.2, 0.25) is 0 Å². The van der Waals surface area contributed by atoms with Gasteiger partial charge in [-0.25, -0.2) is 0 Å². The van der Waals surface area contributed by atoms with E-state index in [0.29, 0.717) is 23.7 Å². The minimum atomic E-state index is -0.214. The maximum atomic E-state index is 12.4. The largest absolute Gasteiger partial charge is 0.351 e. The van der Waals surface area contributed by atoms with E-state index in [2.05, 4.69) is 24.1 Å². The van der Waals surface area contributed by atoms with Crippen molar-refractivity contribution in [2.45, 2.75) is 39.5 Å². The van der Waals surface area contributed by atoms with Gasteiger partial charge in [-0.3, -0.25) is 14.6 Å². The van der Waals surface area contributed by atoms with Crippen molar-refractivity contribution in [3.63, 3.8) is 0 Å². The quantitative estimate of drug-likeness (QED) is 0.909. The van der Waals surface area contributed by atoms with Crippen molar-refractivity contribution in [2.75, 3.05) is 19.6 Å². The highest BCUT2D eigenvalue weighted by Crippen LogP contribution is 2.13. The Labute approximate surface area is 132 Å². The van der Waals surface area contributed by atoms with E-state index in [4.69, 9.17) is 0 Å². The molecule has 1 aliphatic heterocycles. The Morgan fingerprint density at radius 2 is 2.00 bits per heavy atom. The van der Waals surface area contributed by atoms with Crippen molar-refractivity contribution in [3.05, 3.63) is 29.6 Å². The standard InChI is InChI=1S/C17H25N3O2/c1-13(2)6-8-19-16(21)15-12-14(7-9-18-15)17(22)20-10-4-3-5-11-20/h7,9,12-13H,3-6,8,10-11H2,1-2H3,(H,19,21). The Morgan fingerprint density at radius 1 is 1.27 bits per heavy atom. The minimum absolute atomic E-state index is 0.00155. The molecular formula is C17H25N3O2. The predicted octanol–water partition coefficient (Wildman–Crippen LogP) is 2.48. The number of amides is 2. The minimum Gasteiger partial charge on any atom is -0.351 e. The van der Waals surface area contributed by atoms with E-state index in [1.165, 1.54) is 12.6 Å². The Bertz CT molecular complexity index is 522. The highest BCUT2D eigenvalue weighted by Gasteiger charge is 2.19. The van der Waals surface area contributed by atoms with Crippen molar-refractivity contribution in [1.29, 1.82) is 0 Å². The van der Waals surface area contributed by atoms with Crippen LogP contribution in [0.3, 0.4) is 0 Å². The van der Waals surface area contributed by atoms with Gasteiger partial charge in [-0.2, -0.15) is 0 Å². The summed E-state index contributed by atoms with van der Waals surface area (Å²) in [7, 11) is 0. The van der Waals surface area contributed by atoms with Crippen LogP contribution in [0.2, 0.25) is 0 Å². The number of nitrogens with zero attached hydrogens (tertiary/aromatic N) is 2. The summed E-state index contributed by atoms with van der Waals surface area (Å²) in [5, 5.41) is 2.85. The van der Waals surface area contributed by atoms with Gasteiger partial charge in [-0.05, 0) is 43.7 Å². The first-order valence-corrected chi connectivity index (χ1v) is 8.11. The molecule has 1 N–H and O–H groups in total. The zero-order valence-electron chi connectivity index (χ0n) is 13.5. The van der Waals surface area contributed by atoms with Crippen LogP contribution in [0.4, 0.5) is 0 Å². The van der Waals surface area contributed by atoms with Crippen LogP contribution in [0, 0.1) is 5.92 Å². The maximum Gasteiger partial charge on any atom is 0.269 e. The summed E-state index contributed by atoms with van der Waals surface area (Å²) in [6, 6.07) is 3.28. The van der Waals surface area contributed by atoms with Gasteiger partial charge in [-0.1, -0.05) is 13.8 Å². The number of pyridine rings is 1. The molecule has 0 bridgehead atoms. The molecule has 0 aromatic carbocycles. The van der Waals surface area contributed by atoms with E-state index >= 15 is 0 Å². The number of hydrogen-bond donors (Lipinski definition) is 1. The molecule has 2 heterocycles. The number of nitrogens with one attached hydrogen (secondary N) is 1. The predicted molar refractivity (Wildman–Crippen MR) is 85.8 cm³/mol. The lowest BCUT2D eigenvalue weighted by Gasteiger charge is -2.26. The molecular weight excluding hydrogens is 278 g/mol. The van der Waals surface area contributed by atoms with Gasteiger partial charge in [0.25, 0.3) is 11.8 Å². The van der Waals surface area contributed by atoms with Gasteiger partial charge in [0.05, 0.1) is 0 Å². The summed E-state index contributed by atoms with van der Waals surface area (Å²) in [5.41, 5.74) is 0.859. The normalized spacial score (nSPS) is 15.0. The first-order chi connectivity index (χ1) is 10.6. The van der Waals surface area contributed by atoms with E-state index in [1.807, 2.05) is 4.90 Å². The van der Waals surface area contributed by atoms with E-state index in [0.717, 1.165) is 32.4 Å². The van der Waals surface area contributed by atoms with E-state index in [9.17, 15) is 9.59 Å². The first-order valence-electron chi connectivity index (χ1n) is 8.11. The molecule has 120 valence electrons. The SMILES string of the molecule is CC(C)CCNC(=O)c1cc(C(=O)N2CCCCC2)ccn1. The molecule has 2 amide bonds. The number of carbonyl (C=O) groups excluding carboxylic acids is 2. The zero-order valence-corrected chi connectivity index (χ0v) is 13.5. The highest BCUT2D eigenvalue weighted by molar-refractivity contribution is 5.98. The van der Waals surface area contributed by atoms with Crippen molar-refractivity contribution >= 4 is 11.8 Å². The second-order valence-corrected chi connectivity index (χ2v) is 6.22. The smallest absolute Gasteiger partial charge is 0.269 e. The molecule has 0 radical (unpaired) electrons. The van der Waals surface area contributed by atoms with Crippen LogP contribution >= 0.6 is 0 Å². The van der Waals surface area contributed by atoms with Crippen molar-refractivity contribution in [2.24, 2.45) is 5.92 Å². The second kappa shape index (κ2) is 7.92. The monoisotopic (exact) mass is 303 g/mol. The number of rotatable bonds is 5. The number of likely N-dealkylation sites (tertiary alicyclic amines) is 1. The third kappa shape index (κ3) is 4.55. The lowest BCUT2D eigenvalue weighted by atomic mass is 10.1. The first kappa shape index (κ1) is 16.5. The fourth-order valence-electron chi connectivity index (χ4n) is 2.53. The van der Waals surface area contributed by atoms with Gasteiger partial charge in [0.15, 0.2) is 0 Å². The Morgan fingerprint density at radius 3 is 2.68 bits per heavy atom. The molecule has 1 aromatic heterocycles. The molecule has 0 aliphatic carbocycles. The Hall–Kier alpha value is -1.91. The van der Waals surface area contributed by atoms with Crippen LogP contribution in [0.25, 0.3) is 0 Å². The summed E-state index contributed by atoms with van der Waals surface area (Å²) in [6.45, 7) is 6.46. The van der Waals surface area contributed by atoms with Crippen molar-refractivity contribution in [1.82, 2.24) is 15.2 Å². The van der Waals surface area contributed by atoms with Crippen LogP contribution in [-0.2, 0) is 0 Å². The van der Waals surface area contributed by atoms with E-state index in [1.54, 1.807) is 12.1 Å². The van der Waals surface area contributed by atoms with Crippen molar-refractivity contribution < 1.29 is 9.59 Å². The number of carbonyl (C=O) groups is 2. The second-order valence-electron chi connectivity index (χ2n) is 6.22. The third-order valence-corrected chi connectivity index (χ3v) is 3.89. The summed E-state index contributed by atoms with van der Waals surface area (Å²) in [5.74, 6) is 0.326. The summed E-state index contributed by atoms with van der Waals surface area (Å²) in [6.07, 6.45) is 5.76. The molecule has 0 saturated carbocycles. The lowest BCUT2D eigenvalue weighted by Crippen LogP contribution is -2.35. The van der Waals surface area contributed by atoms with Crippen LogP contribution in [0.1, 0.15) is 60.4 Å². The van der Waals surface area contributed by atoms with Crippen LogP contribution in [0.15, 0.2) is 18.3 Å². The number of piperidine rings is 1. The molecule has 1 fully saturated rings. The topological polar surface area (TPSA) is 62.3 Å². The molecule has 2 rings (SSSR count). The summed E-state index contributed by atoms with van der Waals surface area (Å²) in [4.78, 5) is 30.5. The van der Waals surface area contributed by atoms with Gasteiger partial charge in [0, 0.05) is 31.4 Å². The lowest BCUT2D eigenvalue weighted by molar-refractivity contribution is 0.0724. The summed E-state index contributed by atoms with van der Waals surface area (Å²) >= 11 is 0. The van der Waals surface area contributed by atoms with E-state index in [-0.39, 0.29) is 11.8 Å². The van der Waals surface area contributed by atoms with Gasteiger partial charge in [0.1, 0.15) is 5.69 Å². The molecule has 1 saturated heterocycles. The molecule has 5 heteroatoms. The zero-order chi connectivity index (χ0) is 15.9. The molecule has 0 atom stereocenters. The van der Waals surface area contributed by atoms with Crippen LogP contribution < -0.4 is 5.32 Å². The molecule has 0 unspecified atom stereocenters. The fourth-order valence-corrected chi connectivity index (χ4v) is 2.53. The highest BCUT2D eigenvalue weighted by atomic mass is 16.2. The Balaban J connectivity index is 1.99. The third-order valence-electron chi connectivity index (χ3n) is 3.89. The number of hydrogen-bond acceptors (Lipinski definition) is 3. The summed E-state index contributed by atoms with van der Waals surface area (Å²) < 4.78 is 0. The number of aromatic nitrogens is 1. The molecule has 1 aromatic rings.